The highest BCUT2D eigenvalue weighted by Gasteiger charge is 2.22. The zero-order chi connectivity index (χ0) is 15.2. The van der Waals surface area contributed by atoms with Gasteiger partial charge in [0.25, 0.3) is 0 Å². The van der Waals surface area contributed by atoms with Crippen LogP contribution >= 0.6 is 0 Å². The third-order valence-electron chi connectivity index (χ3n) is 4.15. The van der Waals surface area contributed by atoms with Crippen molar-refractivity contribution in [1.29, 1.82) is 0 Å². The van der Waals surface area contributed by atoms with Gasteiger partial charge in [-0.3, -0.25) is 9.37 Å². The van der Waals surface area contributed by atoms with Crippen LogP contribution in [0.5, 0.6) is 0 Å². The van der Waals surface area contributed by atoms with Gasteiger partial charge in [0.15, 0.2) is 0 Å². The Hall–Kier alpha value is -1.84. The number of para-hydroxylation sites is 2. The number of rotatable bonds is 3. The van der Waals surface area contributed by atoms with Gasteiger partial charge in [0.2, 0.25) is 11.7 Å². The predicted molar refractivity (Wildman–Crippen MR) is 88.1 cm³/mol. The molecule has 0 spiro atoms. The Kier molecular flexibility index (Phi) is 5.37. The maximum atomic E-state index is 12.4. The molecule has 0 radical (unpaired) electrons. The van der Waals surface area contributed by atoms with Crippen molar-refractivity contribution in [3.05, 3.63) is 24.3 Å². The number of nitrogens with one attached hydrogen (secondary N) is 2. The SMILES string of the molecule is CC(Nc1ccccc1NC(=O)C1CCCCC1)=[N+](C)C. The summed E-state index contributed by atoms with van der Waals surface area (Å²) in [6.07, 6.45) is 5.64. The minimum atomic E-state index is 0.159. The predicted octanol–water partition coefficient (Wildman–Crippen LogP) is 3.31. The molecule has 0 unspecified atom stereocenters. The molecule has 1 aliphatic carbocycles. The summed E-state index contributed by atoms with van der Waals surface area (Å²) in [5.74, 6) is 1.37. The molecule has 114 valence electrons. The van der Waals surface area contributed by atoms with Crippen LogP contribution < -0.4 is 10.6 Å². The lowest BCUT2D eigenvalue weighted by atomic mass is 9.88. The fourth-order valence-electron chi connectivity index (χ4n) is 2.61. The highest BCUT2D eigenvalue weighted by molar-refractivity contribution is 5.99. The van der Waals surface area contributed by atoms with E-state index in [0.717, 1.165) is 30.1 Å². The van der Waals surface area contributed by atoms with E-state index in [-0.39, 0.29) is 11.8 Å². The van der Waals surface area contributed by atoms with Crippen molar-refractivity contribution in [2.24, 2.45) is 5.92 Å². The average Bonchev–Trinajstić information content (AvgIpc) is 2.50. The van der Waals surface area contributed by atoms with Gasteiger partial charge in [0, 0.05) is 12.8 Å². The van der Waals surface area contributed by atoms with E-state index in [1.165, 1.54) is 19.3 Å². The highest BCUT2D eigenvalue weighted by atomic mass is 16.1. The Bertz CT molecular complexity index is 527. The van der Waals surface area contributed by atoms with Crippen LogP contribution in [0.4, 0.5) is 11.4 Å². The molecule has 4 heteroatoms. The molecule has 1 aromatic carbocycles. The highest BCUT2D eigenvalue weighted by Crippen LogP contribution is 2.27. The van der Waals surface area contributed by atoms with E-state index >= 15 is 0 Å². The molecule has 1 aromatic rings. The first-order chi connectivity index (χ1) is 10.1. The zero-order valence-corrected chi connectivity index (χ0v) is 13.3. The van der Waals surface area contributed by atoms with E-state index in [1.54, 1.807) is 0 Å². The van der Waals surface area contributed by atoms with E-state index in [4.69, 9.17) is 0 Å². The summed E-state index contributed by atoms with van der Waals surface area (Å²) in [5, 5.41) is 6.44. The molecular weight excluding hydrogens is 262 g/mol. The van der Waals surface area contributed by atoms with Crippen molar-refractivity contribution < 1.29 is 9.37 Å². The molecule has 0 bridgehead atoms. The number of nitrogens with zero attached hydrogens (tertiary/aromatic N) is 1. The van der Waals surface area contributed by atoms with Gasteiger partial charge in [0.1, 0.15) is 5.69 Å². The lowest BCUT2D eigenvalue weighted by Crippen LogP contribution is -2.26. The maximum Gasteiger partial charge on any atom is 0.246 e. The first-order valence-electron chi connectivity index (χ1n) is 7.75. The lowest BCUT2D eigenvalue weighted by Gasteiger charge is -2.21. The van der Waals surface area contributed by atoms with Crippen molar-refractivity contribution in [2.75, 3.05) is 24.7 Å². The number of amidine groups is 1. The van der Waals surface area contributed by atoms with Gasteiger partial charge in [-0.1, -0.05) is 31.4 Å². The van der Waals surface area contributed by atoms with Crippen molar-refractivity contribution in [2.45, 2.75) is 39.0 Å². The van der Waals surface area contributed by atoms with Gasteiger partial charge < -0.3 is 5.32 Å². The van der Waals surface area contributed by atoms with E-state index in [0.29, 0.717) is 0 Å². The second-order valence-corrected chi connectivity index (χ2v) is 5.97. The molecule has 0 saturated heterocycles. The minimum absolute atomic E-state index is 0.159. The van der Waals surface area contributed by atoms with Crippen molar-refractivity contribution in [1.82, 2.24) is 0 Å². The van der Waals surface area contributed by atoms with E-state index in [9.17, 15) is 4.79 Å². The summed E-state index contributed by atoms with van der Waals surface area (Å²) in [6, 6.07) is 7.86. The second-order valence-electron chi connectivity index (χ2n) is 5.97. The third kappa shape index (κ3) is 4.31. The van der Waals surface area contributed by atoms with Gasteiger partial charge >= 0.3 is 0 Å². The summed E-state index contributed by atoms with van der Waals surface area (Å²) >= 11 is 0. The monoisotopic (exact) mass is 288 g/mol. The molecule has 0 aromatic heterocycles. The maximum absolute atomic E-state index is 12.4. The van der Waals surface area contributed by atoms with Crippen molar-refractivity contribution >= 4 is 23.1 Å². The summed E-state index contributed by atoms with van der Waals surface area (Å²) < 4.78 is 2.01. The normalized spacial score (nSPS) is 15.4. The van der Waals surface area contributed by atoms with Crippen LogP contribution in [0.1, 0.15) is 39.0 Å². The smallest absolute Gasteiger partial charge is 0.246 e. The van der Waals surface area contributed by atoms with Gasteiger partial charge in [-0.25, -0.2) is 5.32 Å². The van der Waals surface area contributed by atoms with Crippen LogP contribution in [0.25, 0.3) is 0 Å². The van der Waals surface area contributed by atoms with Gasteiger partial charge in [-0.15, -0.1) is 0 Å². The second kappa shape index (κ2) is 7.25. The number of amides is 1. The fraction of sp³-hybridized carbons (Fsp3) is 0.529. The summed E-state index contributed by atoms with van der Waals surface area (Å²) in [5.41, 5.74) is 1.79. The number of hydrogen-bond donors (Lipinski definition) is 2. The van der Waals surface area contributed by atoms with Crippen LogP contribution in [0.2, 0.25) is 0 Å². The summed E-state index contributed by atoms with van der Waals surface area (Å²) in [7, 11) is 3.98. The van der Waals surface area contributed by atoms with Crippen molar-refractivity contribution in [3.63, 3.8) is 0 Å². The first kappa shape index (κ1) is 15.5. The van der Waals surface area contributed by atoms with Crippen LogP contribution in [0.15, 0.2) is 24.3 Å². The van der Waals surface area contributed by atoms with Gasteiger partial charge in [-0.2, -0.15) is 0 Å². The number of carbonyl (C=O) groups excluding carboxylic acids is 1. The van der Waals surface area contributed by atoms with Crippen LogP contribution in [0.3, 0.4) is 0 Å². The Balaban J connectivity index is 2.09. The molecule has 1 fully saturated rings. The first-order valence-corrected chi connectivity index (χ1v) is 7.75. The average molecular weight is 288 g/mol. The van der Waals surface area contributed by atoms with Crippen LogP contribution in [-0.2, 0) is 4.79 Å². The Morgan fingerprint density at radius 1 is 1.05 bits per heavy atom. The quantitative estimate of drug-likeness (QED) is 0.509. The molecule has 2 N–H and O–H groups in total. The van der Waals surface area contributed by atoms with E-state index in [1.807, 2.05) is 49.9 Å². The van der Waals surface area contributed by atoms with E-state index < -0.39 is 0 Å². The molecule has 1 saturated carbocycles. The topological polar surface area (TPSA) is 44.1 Å². The molecule has 2 rings (SSSR count). The van der Waals surface area contributed by atoms with Gasteiger partial charge in [-0.05, 0) is 25.0 Å². The molecule has 1 amide bonds. The van der Waals surface area contributed by atoms with Crippen LogP contribution in [-0.4, -0.2) is 30.4 Å². The number of benzene rings is 1. The molecule has 21 heavy (non-hydrogen) atoms. The van der Waals surface area contributed by atoms with Crippen LogP contribution in [0, 0.1) is 5.92 Å². The lowest BCUT2D eigenvalue weighted by molar-refractivity contribution is -0.464. The molecule has 0 aliphatic heterocycles. The standard InChI is InChI=1S/C17H25N3O/c1-13(20(2)3)18-15-11-7-8-12-16(15)19-17(21)14-9-5-4-6-10-14/h7-8,11-12,14H,4-6,9-10H2,1-3H3,(H,19,21)/p+1. The molecular formula is C17H26N3O+. The number of carbonyl (C=O) groups is 1. The Morgan fingerprint density at radius 3 is 2.19 bits per heavy atom. The molecule has 0 atom stereocenters. The number of anilines is 2. The third-order valence-corrected chi connectivity index (χ3v) is 4.15. The fourth-order valence-corrected chi connectivity index (χ4v) is 2.61. The molecule has 0 heterocycles. The zero-order valence-electron chi connectivity index (χ0n) is 13.3. The molecule has 4 nitrogen and oxygen atoms in total. The Labute approximate surface area is 127 Å². The summed E-state index contributed by atoms with van der Waals surface area (Å²) in [4.78, 5) is 12.4. The van der Waals surface area contributed by atoms with E-state index in [2.05, 4.69) is 10.6 Å². The minimum Gasteiger partial charge on any atom is -0.322 e. The van der Waals surface area contributed by atoms with Gasteiger partial charge in [0.05, 0.1) is 19.8 Å². The number of hydrogen-bond acceptors (Lipinski definition) is 1. The Morgan fingerprint density at radius 2 is 1.62 bits per heavy atom. The molecule has 1 aliphatic rings. The largest absolute Gasteiger partial charge is 0.322 e. The summed E-state index contributed by atoms with van der Waals surface area (Å²) in [6.45, 7) is 2.01. The van der Waals surface area contributed by atoms with Crippen molar-refractivity contribution in [3.8, 4) is 0 Å².